The van der Waals surface area contributed by atoms with E-state index in [2.05, 4.69) is 41.7 Å². The number of ketones is 1. The summed E-state index contributed by atoms with van der Waals surface area (Å²) in [4.78, 5) is 69.0. The van der Waals surface area contributed by atoms with E-state index >= 15 is 0 Å². The Morgan fingerprint density at radius 1 is 1.02 bits per heavy atom. The average Bonchev–Trinajstić information content (AvgIpc) is 3.30. The van der Waals surface area contributed by atoms with E-state index in [4.69, 9.17) is 0 Å². The Kier molecular flexibility index (Phi) is 10.9. The van der Waals surface area contributed by atoms with E-state index in [-0.39, 0.29) is 36.0 Å². The van der Waals surface area contributed by atoms with E-state index in [0.29, 0.717) is 38.6 Å². The molecule has 264 valence electrons. The number of amides is 5. The van der Waals surface area contributed by atoms with Crippen LogP contribution in [-0.2, 0) is 29.0 Å². The third-order valence-electron chi connectivity index (χ3n) is 11.0. The second kappa shape index (κ2) is 13.9. The quantitative estimate of drug-likeness (QED) is 0.182. The molecule has 0 aromatic rings. The number of piperidine rings is 1. The number of urea groups is 1. The molecule has 2 heterocycles. The molecule has 4 aliphatic rings. The molecular formula is C34H55N5O7S. The predicted octanol–water partition coefficient (Wildman–Crippen LogP) is 2.62. The van der Waals surface area contributed by atoms with Crippen LogP contribution >= 0.6 is 0 Å². The molecule has 2 saturated heterocycles. The monoisotopic (exact) mass is 677 g/mol. The molecule has 0 radical (unpaired) electrons. The summed E-state index contributed by atoms with van der Waals surface area (Å²) in [5.74, 6) is -2.44. The largest absolute Gasteiger partial charge is 0.346 e. The third kappa shape index (κ3) is 7.54. The molecule has 0 bridgehead atoms. The maximum absolute atomic E-state index is 14.4. The highest BCUT2D eigenvalue weighted by Crippen LogP contribution is 2.65. The number of hydrogen-bond donors (Lipinski definition) is 4. The van der Waals surface area contributed by atoms with Crippen molar-refractivity contribution in [2.24, 2.45) is 22.7 Å². The lowest BCUT2D eigenvalue weighted by atomic mass is 9.78. The van der Waals surface area contributed by atoms with Gasteiger partial charge in [0.05, 0.1) is 22.6 Å². The summed E-state index contributed by atoms with van der Waals surface area (Å²) in [5, 5.41) is 10.6. The molecule has 13 heteroatoms. The van der Waals surface area contributed by atoms with Gasteiger partial charge < -0.3 is 26.2 Å². The van der Waals surface area contributed by atoms with Crippen molar-refractivity contribution in [3.63, 3.8) is 0 Å². The summed E-state index contributed by atoms with van der Waals surface area (Å²) in [6.07, 6.45) is 7.07. The zero-order valence-electron chi connectivity index (χ0n) is 28.9. The van der Waals surface area contributed by atoms with Crippen LogP contribution in [0.2, 0.25) is 0 Å². The SMILES string of the molecule is C=CCNC(=O)C(=O)C(CCC)NC(=O)[C@@H]1[C@@H]2[C@H](CN1C(=O)[C@@H](NC(=O)NC1([C@H]3CCCS3(=O)=O)CCCCC1)C(C)(C)C)C2(C)C. The van der Waals surface area contributed by atoms with Crippen molar-refractivity contribution in [3.05, 3.63) is 12.7 Å². The van der Waals surface area contributed by atoms with E-state index in [1.165, 1.54) is 11.0 Å². The highest BCUT2D eigenvalue weighted by molar-refractivity contribution is 7.92. The molecule has 4 rings (SSSR count). The van der Waals surface area contributed by atoms with Crippen LogP contribution in [0.3, 0.4) is 0 Å². The van der Waals surface area contributed by atoms with Gasteiger partial charge >= 0.3 is 6.03 Å². The van der Waals surface area contributed by atoms with Gasteiger partial charge in [0.2, 0.25) is 17.6 Å². The Morgan fingerprint density at radius 3 is 2.23 bits per heavy atom. The minimum atomic E-state index is -3.35. The molecule has 0 aromatic heterocycles. The molecule has 6 atom stereocenters. The maximum Gasteiger partial charge on any atom is 0.315 e. The zero-order chi connectivity index (χ0) is 34.9. The number of hydrogen-bond acceptors (Lipinski definition) is 7. The Bertz CT molecular complexity index is 1360. The van der Waals surface area contributed by atoms with Gasteiger partial charge in [-0.3, -0.25) is 19.2 Å². The smallest absolute Gasteiger partial charge is 0.315 e. The fraction of sp³-hybridized carbons (Fsp3) is 0.794. The van der Waals surface area contributed by atoms with Crippen LogP contribution in [0, 0.1) is 22.7 Å². The molecule has 47 heavy (non-hydrogen) atoms. The van der Waals surface area contributed by atoms with Crippen LogP contribution in [0.1, 0.15) is 99.3 Å². The minimum absolute atomic E-state index is 0.0611. The average molecular weight is 678 g/mol. The van der Waals surface area contributed by atoms with Gasteiger partial charge in [-0.05, 0) is 54.8 Å². The van der Waals surface area contributed by atoms with E-state index in [1.54, 1.807) is 0 Å². The van der Waals surface area contributed by atoms with Gasteiger partial charge in [0.1, 0.15) is 12.1 Å². The number of sulfone groups is 1. The van der Waals surface area contributed by atoms with Crippen molar-refractivity contribution in [2.45, 2.75) is 128 Å². The first-order valence-electron chi connectivity index (χ1n) is 17.3. The molecule has 1 unspecified atom stereocenters. The van der Waals surface area contributed by atoms with Crippen molar-refractivity contribution >= 4 is 39.4 Å². The first-order chi connectivity index (χ1) is 21.9. The number of rotatable bonds is 12. The Labute approximate surface area is 279 Å². The number of Topliss-reactive ketones (excluding diaryl/α,β-unsaturated/α-hetero) is 1. The summed E-state index contributed by atoms with van der Waals surface area (Å²) in [5.41, 5.74) is -1.84. The highest BCUT2D eigenvalue weighted by atomic mass is 32.2. The fourth-order valence-electron chi connectivity index (χ4n) is 8.37. The number of likely N-dealkylation sites (tertiary alicyclic amines) is 1. The normalized spacial score (nSPS) is 28.3. The van der Waals surface area contributed by atoms with Gasteiger partial charge in [-0.25, -0.2) is 13.2 Å². The maximum atomic E-state index is 14.4. The third-order valence-corrected chi connectivity index (χ3v) is 13.5. The molecule has 4 N–H and O–H groups in total. The Morgan fingerprint density at radius 2 is 1.68 bits per heavy atom. The van der Waals surface area contributed by atoms with Crippen molar-refractivity contribution in [1.82, 2.24) is 26.2 Å². The first kappa shape index (κ1) is 36.9. The van der Waals surface area contributed by atoms with Gasteiger partial charge in [-0.15, -0.1) is 6.58 Å². The molecule has 12 nitrogen and oxygen atoms in total. The Hall–Kier alpha value is -2.96. The summed E-state index contributed by atoms with van der Waals surface area (Å²) in [6.45, 7) is 15.4. The van der Waals surface area contributed by atoms with Crippen LogP contribution in [0.25, 0.3) is 0 Å². The molecule has 2 saturated carbocycles. The van der Waals surface area contributed by atoms with Gasteiger partial charge in [-0.1, -0.05) is 73.3 Å². The topological polar surface area (TPSA) is 171 Å². The summed E-state index contributed by atoms with van der Waals surface area (Å²) in [6, 6.07) is -3.53. The standard InChI is InChI=1S/C34H55N5O7S/c1-8-14-22(26(40)29(42)35-18-9-2)36-28(41)25-24-21(33(24,6)7)20-39(25)30(43)27(32(3,4)5)37-31(44)38-34(16-11-10-12-17-34)23-15-13-19-47(23,45)46/h9,21-25,27H,2,8,10-20H2,1,3-7H3,(H,35,42)(H,36,41)(H2,37,38,44)/t21-,22?,23+,24-,25-,27+/m0/s1. The number of fused-ring (bicyclic) bond motifs is 1. The zero-order valence-corrected chi connectivity index (χ0v) is 29.8. The molecule has 2 aliphatic carbocycles. The molecule has 0 spiro atoms. The first-order valence-corrected chi connectivity index (χ1v) is 19.0. The molecule has 2 aliphatic heterocycles. The molecule has 5 amide bonds. The van der Waals surface area contributed by atoms with Gasteiger partial charge in [-0.2, -0.15) is 0 Å². The molecule has 4 fully saturated rings. The summed E-state index contributed by atoms with van der Waals surface area (Å²) < 4.78 is 26.0. The van der Waals surface area contributed by atoms with Gasteiger partial charge in [0.25, 0.3) is 5.91 Å². The van der Waals surface area contributed by atoms with E-state index in [0.717, 1.165) is 19.3 Å². The summed E-state index contributed by atoms with van der Waals surface area (Å²) >= 11 is 0. The van der Waals surface area contributed by atoms with E-state index < -0.39 is 73.7 Å². The number of carbonyl (C=O) groups excluding carboxylic acids is 5. The highest BCUT2D eigenvalue weighted by Gasteiger charge is 2.70. The van der Waals surface area contributed by atoms with Crippen LogP contribution in [0.15, 0.2) is 12.7 Å². The van der Waals surface area contributed by atoms with Crippen LogP contribution in [0.5, 0.6) is 0 Å². The number of carbonyl (C=O) groups is 5. The molecule has 0 aromatic carbocycles. The van der Waals surface area contributed by atoms with E-state index in [9.17, 15) is 32.4 Å². The van der Waals surface area contributed by atoms with Crippen LogP contribution < -0.4 is 21.3 Å². The fourth-order valence-corrected chi connectivity index (χ4v) is 10.7. The lowest BCUT2D eigenvalue weighted by molar-refractivity contribution is -0.145. The second-order valence-corrected chi connectivity index (χ2v) is 18.0. The second-order valence-electron chi connectivity index (χ2n) is 15.7. The lowest BCUT2D eigenvalue weighted by Gasteiger charge is -2.43. The number of nitrogens with zero attached hydrogens (tertiary/aromatic N) is 1. The minimum Gasteiger partial charge on any atom is -0.346 e. The van der Waals surface area contributed by atoms with Crippen LogP contribution in [-0.4, -0.2) is 90.6 Å². The van der Waals surface area contributed by atoms with Crippen molar-refractivity contribution in [3.8, 4) is 0 Å². The number of nitrogens with one attached hydrogen (secondary N) is 4. The molecular weight excluding hydrogens is 622 g/mol. The van der Waals surface area contributed by atoms with E-state index in [1.807, 2.05) is 27.7 Å². The van der Waals surface area contributed by atoms with Gasteiger partial charge in [0, 0.05) is 13.1 Å². The lowest BCUT2D eigenvalue weighted by Crippen LogP contribution is -2.65. The Balaban J connectivity index is 1.55. The van der Waals surface area contributed by atoms with Crippen molar-refractivity contribution in [1.29, 1.82) is 0 Å². The van der Waals surface area contributed by atoms with Crippen molar-refractivity contribution in [2.75, 3.05) is 18.8 Å². The predicted molar refractivity (Wildman–Crippen MR) is 179 cm³/mol. The van der Waals surface area contributed by atoms with Gasteiger partial charge in [0.15, 0.2) is 9.84 Å². The summed E-state index contributed by atoms with van der Waals surface area (Å²) in [7, 11) is -3.35. The van der Waals surface area contributed by atoms with Crippen molar-refractivity contribution < 1.29 is 32.4 Å². The van der Waals surface area contributed by atoms with Crippen LogP contribution in [0.4, 0.5) is 4.79 Å².